The molecule has 2 N–H and O–H groups in total. The van der Waals surface area contributed by atoms with Gasteiger partial charge in [0.05, 0.1) is 31.0 Å². The summed E-state index contributed by atoms with van der Waals surface area (Å²) >= 11 is 1.40. The van der Waals surface area contributed by atoms with Gasteiger partial charge in [0.15, 0.2) is 5.17 Å². The fourth-order valence-corrected chi connectivity index (χ4v) is 4.85. The van der Waals surface area contributed by atoms with Crippen molar-refractivity contribution in [2.75, 3.05) is 30.9 Å². The summed E-state index contributed by atoms with van der Waals surface area (Å²) in [4.78, 5) is 14.9. The lowest BCUT2D eigenvalue weighted by Crippen LogP contribution is -2.40. The number of ether oxygens (including phenoxy) is 1. The highest BCUT2D eigenvalue weighted by Crippen LogP contribution is 2.47. The lowest BCUT2D eigenvalue weighted by Gasteiger charge is -2.34. The third kappa shape index (κ3) is 3.15. The predicted molar refractivity (Wildman–Crippen MR) is 106 cm³/mol. The number of nitrogens with two attached hydrogens (primary N) is 1. The van der Waals surface area contributed by atoms with Gasteiger partial charge in [-0.3, -0.25) is 0 Å². The van der Waals surface area contributed by atoms with Crippen LogP contribution in [0, 0.1) is 35.8 Å². The molecule has 0 radical (unpaired) electrons. The van der Waals surface area contributed by atoms with Gasteiger partial charge in [0.2, 0.25) is 11.8 Å². The molecule has 7 nitrogen and oxygen atoms in total. The monoisotopic (exact) mass is 416 g/mol. The smallest absolute Gasteiger partial charge is 0.255 e. The Morgan fingerprint density at radius 2 is 2.17 bits per heavy atom. The first-order chi connectivity index (χ1) is 13.9. The number of methoxy groups -OCH3 is 1. The van der Waals surface area contributed by atoms with Gasteiger partial charge in [-0.05, 0) is 25.1 Å². The number of aryl methyl sites for hydroxylation is 1. The van der Waals surface area contributed by atoms with Gasteiger partial charge in [-0.1, -0.05) is 11.8 Å². The van der Waals surface area contributed by atoms with E-state index in [1.807, 2.05) is 11.0 Å². The van der Waals surface area contributed by atoms with E-state index in [2.05, 4.69) is 15.0 Å². The number of aromatic nitrogens is 2. The molecule has 0 amide bonds. The fraction of sp³-hybridized carbons (Fsp3) is 0.368. The molecule has 2 aromatic rings. The molecule has 2 aliphatic rings. The van der Waals surface area contributed by atoms with Gasteiger partial charge >= 0.3 is 0 Å². The van der Waals surface area contributed by atoms with Crippen LogP contribution in [0.15, 0.2) is 23.2 Å². The minimum absolute atomic E-state index is 0.0943. The molecule has 2 aliphatic heterocycles. The van der Waals surface area contributed by atoms with Crippen LogP contribution in [-0.4, -0.2) is 41.1 Å². The average Bonchev–Trinajstić information content (AvgIpc) is 3.10. The maximum atomic E-state index is 14.9. The van der Waals surface area contributed by atoms with Crippen LogP contribution in [0.5, 0.6) is 5.88 Å². The van der Waals surface area contributed by atoms with Crippen molar-refractivity contribution in [1.82, 2.24) is 9.97 Å². The topological polar surface area (TPSA) is 100 Å². The van der Waals surface area contributed by atoms with Gasteiger partial charge in [0.1, 0.15) is 11.4 Å². The summed E-state index contributed by atoms with van der Waals surface area (Å²) in [6.07, 6.45) is 0. The van der Waals surface area contributed by atoms with Crippen LogP contribution in [0.2, 0.25) is 0 Å². The van der Waals surface area contributed by atoms with Crippen LogP contribution >= 0.6 is 11.8 Å². The molecule has 0 bridgehead atoms. The molecular weight excluding hydrogens is 398 g/mol. The zero-order valence-electron chi connectivity index (χ0n) is 15.8. The number of halogens is 2. The van der Waals surface area contributed by atoms with Gasteiger partial charge in [0, 0.05) is 23.8 Å². The van der Waals surface area contributed by atoms with Gasteiger partial charge in [0.25, 0.3) is 5.88 Å². The Bertz CT molecular complexity index is 1060. The van der Waals surface area contributed by atoms with Crippen LogP contribution in [0.25, 0.3) is 0 Å². The van der Waals surface area contributed by atoms with Crippen molar-refractivity contribution in [1.29, 1.82) is 5.26 Å². The number of nitrogens with zero attached hydrogens (tertiary/aromatic N) is 5. The lowest BCUT2D eigenvalue weighted by molar-refractivity contribution is 0.364. The quantitative estimate of drug-likeness (QED) is 0.820. The van der Waals surface area contributed by atoms with E-state index < -0.39 is 17.2 Å². The number of hydrogen-bond acceptors (Lipinski definition) is 8. The number of hydrogen-bond donors (Lipinski definition) is 1. The van der Waals surface area contributed by atoms with Crippen LogP contribution in [0.3, 0.4) is 0 Å². The normalized spacial score (nSPS) is 23.3. The van der Waals surface area contributed by atoms with Crippen molar-refractivity contribution in [3.63, 3.8) is 0 Å². The molecule has 1 aromatic carbocycles. The Morgan fingerprint density at radius 1 is 1.38 bits per heavy atom. The summed E-state index contributed by atoms with van der Waals surface area (Å²) in [5.74, 6) is -0.402. The average molecular weight is 416 g/mol. The maximum absolute atomic E-state index is 14.9. The van der Waals surface area contributed by atoms with Crippen molar-refractivity contribution >= 4 is 22.9 Å². The number of thioether (sulfide) groups is 1. The third-order valence-corrected chi connectivity index (χ3v) is 6.26. The van der Waals surface area contributed by atoms with E-state index in [1.54, 1.807) is 0 Å². The minimum atomic E-state index is -0.981. The molecule has 1 saturated heterocycles. The number of fused-ring (bicyclic) bond motifs is 1. The molecule has 4 rings (SSSR count). The van der Waals surface area contributed by atoms with Crippen molar-refractivity contribution in [2.45, 2.75) is 12.5 Å². The number of benzene rings is 1. The van der Waals surface area contributed by atoms with E-state index in [0.29, 0.717) is 28.6 Å². The first kappa shape index (κ1) is 19.4. The van der Waals surface area contributed by atoms with E-state index in [4.69, 9.17) is 10.5 Å². The Kier molecular flexibility index (Phi) is 4.78. The zero-order chi connectivity index (χ0) is 20.8. The van der Waals surface area contributed by atoms with Crippen LogP contribution in [-0.2, 0) is 5.54 Å². The summed E-state index contributed by atoms with van der Waals surface area (Å²) in [6.45, 7) is 2.26. The van der Waals surface area contributed by atoms with Crippen LogP contribution in [0.4, 0.5) is 14.7 Å². The van der Waals surface area contributed by atoms with E-state index >= 15 is 0 Å². The van der Waals surface area contributed by atoms with Gasteiger partial charge < -0.3 is 15.4 Å². The highest BCUT2D eigenvalue weighted by Gasteiger charge is 2.52. The standard InChI is InChI=1S/C19H18F2N6OS/c1-10-15(21)16(28-2)25-18(24-10)27-7-12-8-29-17(23)26-19(12,9-27)13-5-11(6-22)3-4-14(13)20/h3-5,12H,7-9H2,1-2H3,(H2,23,26). The van der Waals surface area contributed by atoms with Crippen molar-refractivity contribution < 1.29 is 13.5 Å². The molecule has 1 fully saturated rings. The molecular formula is C19H18F2N6OS. The summed E-state index contributed by atoms with van der Waals surface area (Å²) in [7, 11) is 1.34. The van der Waals surface area contributed by atoms with Gasteiger partial charge in [-0.2, -0.15) is 14.6 Å². The predicted octanol–water partition coefficient (Wildman–Crippen LogP) is 2.34. The molecule has 2 atom stereocenters. The summed E-state index contributed by atoms with van der Waals surface area (Å²) in [5.41, 5.74) is 5.85. The summed E-state index contributed by atoms with van der Waals surface area (Å²) < 4.78 is 34.0. The largest absolute Gasteiger partial charge is 0.479 e. The Balaban J connectivity index is 1.82. The van der Waals surface area contributed by atoms with Gasteiger partial charge in [-0.15, -0.1) is 0 Å². The molecule has 2 unspecified atom stereocenters. The molecule has 150 valence electrons. The molecule has 0 saturated carbocycles. The number of nitriles is 1. The zero-order valence-corrected chi connectivity index (χ0v) is 16.6. The Morgan fingerprint density at radius 3 is 2.90 bits per heavy atom. The van der Waals surface area contributed by atoms with E-state index in [-0.39, 0.29) is 30.0 Å². The number of amidine groups is 1. The van der Waals surface area contributed by atoms with Gasteiger partial charge in [-0.25, -0.2) is 14.4 Å². The molecule has 10 heteroatoms. The molecule has 3 heterocycles. The third-order valence-electron chi connectivity index (χ3n) is 5.30. The summed E-state index contributed by atoms with van der Waals surface area (Å²) in [5, 5.41) is 9.63. The van der Waals surface area contributed by atoms with Crippen LogP contribution in [0.1, 0.15) is 16.8 Å². The molecule has 0 aliphatic carbocycles. The molecule has 1 aromatic heterocycles. The van der Waals surface area contributed by atoms with Crippen molar-refractivity contribution in [3.8, 4) is 11.9 Å². The van der Waals surface area contributed by atoms with Crippen molar-refractivity contribution in [2.24, 2.45) is 16.6 Å². The highest BCUT2D eigenvalue weighted by atomic mass is 32.2. The number of aliphatic imine (C=N–C) groups is 1. The Hall–Kier alpha value is -2.93. The van der Waals surface area contributed by atoms with Crippen LogP contribution < -0.4 is 15.4 Å². The second-order valence-electron chi connectivity index (χ2n) is 7.00. The maximum Gasteiger partial charge on any atom is 0.255 e. The number of anilines is 1. The summed E-state index contributed by atoms with van der Waals surface area (Å²) in [6, 6.07) is 6.27. The SMILES string of the molecule is COc1nc(N2CC3CSC(N)=NC3(c3cc(C#N)ccc3F)C2)nc(C)c1F. The van der Waals surface area contributed by atoms with Crippen molar-refractivity contribution in [3.05, 3.63) is 46.7 Å². The Labute approximate surface area is 170 Å². The fourth-order valence-electron chi connectivity index (χ4n) is 3.87. The second kappa shape index (κ2) is 7.15. The first-order valence-electron chi connectivity index (χ1n) is 8.89. The van der Waals surface area contributed by atoms with E-state index in [1.165, 1.54) is 44.0 Å². The highest BCUT2D eigenvalue weighted by molar-refractivity contribution is 8.13. The lowest BCUT2D eigenvalue weighted by atomic mass is 9.81. The van der Waals surface area contributed by atoms with E-state index in [9.17, 15) is 14.0 Å². The van der Waals surface area contributed by atoms with E-state index in [0.717, 1.165) is 0 Å². The minimum Gasteiger partial charge on any atom is -0.479 e. The number of rotatable bonds is 3. The second-order valence-corrected chi connectivity index (χ2v) is 8.04. The first-order valence-corrected chi connectivity index (χ1v) is 9.88. The molecule has 0 spiro atoms. The molecule has 29 heavy (non-hydrogen) atoms.